The highest BCUT2D eigenvalue weighted by Crippen LogP contribution is 2.30. The van der Waals surface area contributed by atoms with Crippen molar-refractivity contribution in [3.05, 3.63) is 0 Å². The van der Waals surface area contributed by atoms with E-state index in [0.717, 1.165) is 39.0 Å². The van der Waals surface area contributed by atoms with Crippen LogP contribution in [0.1, 0.15) is 33.1 Å². The number of Topliss-reactive ketones (excluding diaryl/α,β-unsaturated/α-hetero) is 1. The molecule has 1 aliphatic heterocycles. The minimum absolute atomic E-state index is 0.241. The molecule has 2 aliphatic rings. The summed E-state index contributed by atoms with van der Waals surface area (Å²) in [7, 11) is 0. The normalized spacial score (nSPS) is 37.7. The molecule has 0 aromatic heterocycles. The van der Waals surface area contributed by atoms with Crippen LogP contribution in [0, 0.1) is 5.92 Å². The largest absolute Gasteiger partial charge is 0.378 e. The molecule has 0 N–H and O–H groups in total. The van der Waals surface area contributed by atoms with Gasteiger partial charge in [0.25, 0.3) is 0 Å². The van der Waals surface area contributed by atoms with Gasteiger partial charge in [0.05, 0.1) is 6.10 Å². The third kappa shape index (κ3) is 2.40. The standard InChI is InChI=1S/C12H21NO2/c1-3-15-11-6-10(7-11)13-5-4-12(14)9(2)8-13/h9-11H,3-8H2,1-2H3. The number of carbonyl (C=O) groups is 1. The molecule has 1 atom stereocenters. The number of piperidine rings is 1. The summed E-state index contributed by atoms with van der Waals surface area (Å²) in [6.45, 7) is 6.85. The maximum Gasteiger partial charge on any atom is 0.138 e. The topological polar surface area (TPSA) is 29.5 Å². The first-order chi connectivity index (χ1) is 7.20. The summed E-state index contributed by atoms with van der Waals surface area (Å²) in [6, 6.07) is 0.678. The lowest BCUT2D eigenvalue weighted by Gasteiger charge is -2.45. The Balaban J connectivity index is 1.75. The summed E-state index contributed by atoms with van der Waals surface area (Å²) in [5, 5.41) is 0. The third-order valence-electron chi connectivity index (χ3n) is 3.69. The molecular weight excluding hydrogens is 190 g/mol. The summed E-state index contributed by atoms with van der Waals surface area (Å²) in [5.41, 5.74) is 0. The van der Waals surface area contributed by atoms with Gasteiger partial charge in [-0.05, 0) is 19.8 Å². The molecule has 0 aromatic rings. The number of carbonyl (C=O) groups excluding carboxylic acids is 1. The second kappa shape index (κ2) is 4.62. The van der Waals surface area contributed by atoms with E-state index in [1.807, 2.05) is 6.92 Å². The van der Waals surface area contributed by atoms with Crippen molar-refractivity contribution in [3.63, 3.8) is 0 Å². The molecule has 1 saturated heterocycles. The summed E-state index contributed by atoms with van der Waals surface area (Å²) in [6.07, 6.45) is 3.55. The first-order valence-corrected chi connectivity index (χ1v) is 6.09. The smallest absolute Gasteiger partial charge is 0.138 e. The number of ketones is 1. The van der Waals surface area contributed by atoms with Crippen molar-refractivity contribution in [2.75, 3.05) is 19.7 Å². The van der Waals surface area contributed by atoms with Crippen LogP contribution < -0.4 is 0 Å². The van der Waals surface area contributed by atoms with E-state index in [-0.39, 0.29) is 5.92 Å². The van der Waals surface area contributed by atoms with Crippen LogP contribution in [0.25, 0.3) is 0 Å². The Kier molecular flexibility index (Phi) is 3.42. The van der Waals surface area contributed by atoms with Crippen molar-refractivity contribution < 1.29 is 9.53 Å². The van der Waals surface area contributed by atoms with Gasteiger partial charge < -0.3 is 4.74 Å². The highest BCUT2D eigenvalue weighted by Gasteiger charge is 2.36. The van der Waals surface area contributed by atoms with E-state index >= 15 is 0 Å². The fourth-order valence-electron chi connectivity index (χ4n) is 2.58. The zero-order valence-electron chi connectivity index (χ0n) is 9.74. The van der Waals surface area contributed by atoms with E-state index in [2.05, 4.69) is 11.8 Å². The van der Waals surface area contributed by atoms with E-state index in [9.17, 15) is 4.79 Å². The Labute approximate surface area is 91.8 Å². The van der Waals surface area contributed by atoms with Gasteiger partial charge in [-0.1, -0.05) is 6.92 Å². The van der Waals surface area contributed by atoms with Crippen LogP contribution in [0.15, 0.2) is 0 Å². The zero-order chi connectivity index (χ0) is 10.8. The fraction of sp³-hybridized carbons (Fsp3) is 0.917. The third-order valence-corrected chi connectivity index (χ3v) is 3.69. The molecule has 0 radical (unpaired) electrons. The van der Waals surface area contributed by atoms with Crippen molar-refractivity contribution in [1.82, 2.24) is 4.90 Å². The van der Waals surface area contributed by atoms with Gasteiger partial charge in [0.1, 0.15) is 5.78 Å². The number of ether oxygens (including phenoxy) is 1. The van der Waals surface area contributed by atoms with Gasteiger partial charge >= 0.3 is 0 Å². The number of likely N-dealkylation sites (tertiary alicyclic amines) is 1. The summed E-state index contributed by atoms with van der Waals surface area (Å²) < 4.78 is 5.55. The molecule has 0 aromatic carbocycles. The van der Waals surface area contributed by atoms with Gasteiger partial charge in [-0.3, -0.25) is 9.69 Å². The average molecular weight is 211 g/mol. The second-order valence-corrected chi connectivity index (χ2v) is 4.81. The van der Waals surface area contributed by atoms with E-state index in [1.165, 1.54) is 0 Å². The van der Waals surface area contributed by atoms with E-state index in [4.69, 9.17) is 4.74 Å². The lowest BCUT2D eigenvalue weighted by Crippen LogP contribution is -2.52. The minimum Gasteiger partial charge on any atom is -0.378 e. The molecule has 2 fully saturated rings. The van der Waals surface area contributed by atoms with E-state index in [1.54, 1.807) is 0 Å². The SMILES string of the molecule is CCOC1CC(N2CCC(=O)C(C)C2)C1. The van der Waals surface area contributed by atoms with Crippen LogP contribution in [-0.4, -0.2) is 42.5 Å². The molecule has 3 heteroatoms. The molecule has 15 heavy (non-hydrogen) atoms. The zero-order valence-corrected chi connectivity index (χ0v) is 9.74. The predicted octanol–water partition coefficient (Wildman–Crippen LogP) is 1.46. The first-order valence-electron chi connectivity index (χ1n) is 6.09. The summed E-state index contributed by atoms with van der Waals surface area (Å²) in [5.74, 6) is 0.678. The lowest BCUT2D eigenvalue weighted by atomic mass is 9.85. The average Bonchev–Trinajstić information content (AvgIpc) is 2.16. The first kappa shape index (κ1) is 11.1. The molecule has 0 bridgehead atoms. The Bertz CT molecular complexity index is 236. The van der Waals surface area contributed by atoms with Crippen LogP contribution in [-0.2, 0) is 9.53 Å². The van der Waals surface area contributed by atoms with E-state index in [0.29, 0.717) is 17.9 Å². The minimum atomic E-state index is 0.241. The number of rotatable bonds is 3. The molecule has 1 heterocycles. The van der Waals surface area contributed by atoms with E-state index < -0.39 is 0 Å². The molecule has 3 nitrogen and oxygen atoms in total. The number of hydrogen-bond acceptors (Lipinski definition) is 3. The van der Waals surface area contributed by atoms with Crippen LogP contribution in [0.5, 0.6) is 0 Å². The molecule has 2 rings (SSSR count). The van der Waals surface area contributed by atoms with Crippen molar-refractivity contribution in [2.45, 2.75) is 45.3 Å². The number of nitrogens with zero attached hydrogens (tertiary/aromatic N) is 1. The summed E-state index contributed by atoms with van der Waals surface area (Å²) >= 11 is 0. The quantitative estimate of drug-likeness (QED) is 0.708. The van der Waals surface area contributed by atoms with Crippen LogP contribution in [0.4, 0.5) is 0 Å². The molecule has 1 aliphatic carbocycles. The monoisotopic (exact) mass is 211 g/mol. The molecule has 0 amide bonds. The van der Waals surface area contributed by atoms with Crippen molar-refractivity contribution in [2.24, 2.45) is 5.92 Å². The van der Waals surface area contributed by atoms with Crippen LogP contribution in [0.2, 0.25) is 0 Å². The maximum absolute atomic E-state index is 11.4. The van der Waals surface area contributed by atoms with Gasteiger partial charge in [0.15, 0.2) is 0 Å². The van der Waals surface area contributed by atoms with Crippen molar-refractivity contribution in [1.29, 1.82) is 0 Å². The van der Waals surface area contributed by atoms with Crippen LogP contribution in [0.3, 0.4) is 0 Å². The van der Waals surface area contributed by atoms with Gasteiger partial charge in [-0.15, -0.1) is 0 Å². The second-order valence-electron chi connectivity index (χ2n) is 4.81. The highest BCUT2D eigenvalue weighted by atomic mass is 16.5. The van der Waals surface area contributed by atoms with Gasteiger partial charge in [0.2, 0.25) is 0 Å². The van der Waals surface area contributed by atoms with Crippen LogP contribution >= 0.6 is 0 Å². The van der Waals surface area contributed by atoms with Gasteiger partial charge in [0, 0.05) is 38.1 Å². The number of hydrogen-bond donors (Lipinski definition) is 0. The molecule has 1 saturated carbocycles. The van der Waals surface area contributed by atoms with Crippen molar-refractivity contribution >= 4 is 5.78 Å². The molecule has 1 unspecified atom stereocenters. The molecule has 0 spiro atoms. The Morgan fingerprint density at radius 2 is 2.20 bits per heavy atom. The van der Waals surface area contributed by atoms with Gasteiger partial charge in [-0.25, -0.2) is 0 Å². The lowest BCUT2D eigenvalue weighted by molar-refractivity contribution is -0.128. The summed E-state index contributed by atoms with van der Waals surface area (Å²) in [4.78, 5) is 13.9. The predicted molar refractivity (Wildman–Crippen MR) is 58.8 cm³/mol. The van der Waals surface area contributed by atoms with Gasteiger partial charge in [-0.2, -0.15) is 0 Å². The Morgan fingerprint density at radius 1 is 1.47 bits per heavy atom. The Morgan fingerprint density at radius 3 is 2.80 bits per heavy atom. The molecule has 86 valence electrons. The maximum atomic E-state index is 11.4. The molecular formula is C12H21NO2. The fourth-order valence-corrected chi connectivity index (χ4v) is 2.58. The van der Waals surface area contributed by atoms with Crippen molar-refractivity contribution in [3.8, 4) is 0 Å². The Hall–Kier alpha value is -0.410. The highest BCUT2D eigenvalue weighted by molar-refractivity contribution is 5.81.